The highest BCUT2D eigenvalue weighted by molar-refractivity contribution is 5.94. The smallest absolute Gasteiger partial charge is 0.419 e. The highest BCUT2D eigenvalue weighted by Crippen LogP contribution is 2.37. The van der Waals surface area contributed by atoms with Crippen LogP contribution < -0.4 is 10.1 Å². The molecule has 0 radical (unpaired) electrons. The number of nitrogens with zero attached hydrogens (tertiary/aromatic N) is 1. The van der Waals surface area contributed by atoms with Gasteiger partial charge in [0.05, 0.1) is 5.56 Å². The summed E-state index contributed by atoms with van der Waals surface area (Å²) in [6, 6.07) is 14.4. The summed E-state index contributed by atoms with van der Waals surface area (Å²) in [6.45, 7) is 1.31. The molecule has 0 bridgehead atoms. The number of piperidine rings is 1. The van der Waals surface area contributed by atoms with Gasteiger partial charge in [0.2, 0.25) is 0 Å². The number of carbonyl (C=O) groups is 1. The fourth-order valence-electron chi connectivity index (χ4n) is 4.00. The summed E-state index contributed by atoms with van der Waals surface area (Å²) in [5.41, 5.74) is -0.502. The molecule has 1 aliphatic heterocycles. The molecule has 0 aliphatic carbocycles. The second-order valence-corrected chi connectivity index (χ2v) is 8.34. The summed E-state index contributed by atoms with van der Waals surface area (Å²) in [5, 5.41) is 2.94. The molecule has 1 aliphatic rings. The average Bonchev–Trinajstić information content (AvgIpc) is 2.83. The van der Waals surface area contributed by atoms with Crippen LogP contribution in [0.2, 0.25) is 0 Å². The molecule has 1 amide bonds. The maximum Gasteiger partial charge on any atom is 0.419 e. The van der Waals surface area contributed by atoms with Gasteiger partial charge in [0, 0.05) is 36.8 Å². The number of benzene rings is 3. The van der Waals surface area contributed by atoms with Crippen LogP contribution in [-0.4, -0.2) is 29.9 Å². The molecule has 4 nitrogen and oxygen atoms in total. The van der Waals surface area contributed by atoms with E-state index in [4.69, 9.17) is 4.74 Å². The van der Waals surface area contributed by atoms with Gasteiger partial charge < -0.3 is 10.1 Å². The Morgan fingerprint density at radius 2 is 1.54 bits per heavy atom. The first-order chi connectivity index (χ1) is 16.7. The number of alkyl halides is 3. The molecule has 1 saturated heterocycles. The Balaban J connectivity index is 1.30. The van der Waals surface area contributed by atoms with E-state index in [0.29, 0.717) is 31.5 Å². The average molecular weight is 490 g/mol. The minimum atomic E-state index is -4.55. The van der Waals surface area contributed by atoms with Gasteiger partial charge in [-0.1, -0.05) is 18.2 Å². The van der Waals surface area contributed by atoms with Crippen molar-refractivity contribution >= 4 is 5.91 Å². The minimum Gasteiger partial charge on any atom is -0.457 e. The first kappa shape index (κ1) is 24.7. The molecular formula is C26H23F5N2O2. The lowest BCUT2D eigenvalue weighted by Gasteiger charge is -2.32. The SMILES string of the molecule is O=C(NC1CCN(Cc2c(F)cccc2F)CC1)c1ccc(Oc2ccccc2C(F)(F)F)cc1. The van der Waals surface area contributed by atoms with E-state index in [-0.39, 0.29) is 35.6 Å². The van der Waals surface area contributed by atoms with E-state index in [1.165, 1.54) is 60.7 Å². The fourth-order valence-corrected chi connectivity index (χ4v) is 4.00. The van der Waals surface area contributed by atoms with Gasteiger partial charge >= 0.3 is 6.18 Å². The van der Waals surface area contributed by atoms with Crippen LogP contribution in [0.3, 0.4) is 0 Å². The third-order valence-electron chi connectivity index (χ3n) is 5.90. The van der Waals surface area contributed by atoms with Crippen molar-refractivity contribution in [2.45, 2.75) is 31.6 Å². The summed E-state index contributed by atoms with van der Waals surface area (Å²) >= 11 is 0. The minimum absolute atomic E-state index is 0.0372. The van der Waals surface area contributed by atoms with Crippen LogP contribution >= 0.6 is 0 Å². The summed E-state index contributed by atoms with van der Waals surface area (Å²) in [6.07, 6.45) is -3.30. The Morgan fingerprint density at radius 3 is 2.17 bits per heavy atom. The van der Waals surface area contributed by atoms with Crippen molar-refractivity contribution in [3.05, 3.63) is 95.1 Å². The number of halogens is 5. The van der Waals surface area contributed by atoms with Gasteiger partial charge in [0.15, 0.2) is 0 Å². The maximum absolute atomic E-state index is 13.9. The van der Waals surface area contributed by atoms with E-state index < -0.39 is 23.4 Å². The van der Waals surface area contributed by atoms with Crippen molar-refractivity contribution in [3.8, 4) is 11.5 Å². The molecule has 1 heterocycles. The molecule has 0 aromatic heterocycles. The highest BCUT2D eigenvalue weighted by atomic mass is 19.4. The molecule has 3 aromatic carbocycles. The lowest BCUT2D eigenvalue weighted by atomic mass is 10.0. The van der Waals surface area contributed by atoms with Crippen LogP contribution in [0.4, 0.5) is 22.0 Å². The monoisotopic (exact) mass is 490 g/mol. The third kappa shape index (κ3) is 6.16. The van der Waals surface area contributed by atoms with Crippen LogP contribution in [-0.2, 0) is 12.7 Å². The fraction of sp³-hybridized carbons (Fsp3) is 0.269. The molecule has 0 unspecified atom stereocenters. The van der Waals surface area contributed by atoms with Crippen molar-refractivity contribution in [1.82, 2.24) is 10.2 Å². The Bertz CT molecular complexity index is 1150. The first-order valence-electron chi connectivity index (χ1n) is 11.1. The standard InChI is InChI=1S/C26H23F5N2O2/c27-22-5-3-6-23(28)20(22)16-33-14-12-18(13-15-33)32-25(34)17-8-10-19(11-9-17)35-24-7-2-1-4-21(24)26(29,30)31/h1-11,18H,12-16H2,(H,32,34). The van der Waals surface area contributed by atoms with Crippen LogP contribution in [0.5, 0.6) is 11.5 Å². The number of rotatable bonds is 6. The van der Waals surface area contributed by atoms with Crippen LogP contribution in [0.1, 0.15) is 34.3 Å². The molecule has 1 N–H and O–H groups in total. The van der Waals surface area contributed by atoms with Gasteiger partial charge in [-0.25, -0.2) is 8.78 Å². The molecule has 0 spiro atoms. The number of carbonyl (C=O) groups excluding carboxylic acids is 1. The molecule has 35 heavy (non-hydrogen) atoms. The number of ether oxygens (including phenoxy) is 1. The third-order valence-corrected chi connectivity index (χ3v) is 5.90. The zero-order chi connectivity index (χ0) is 25.0. The molecule has 0 atom stereocenters. The Hall–Kier alpha value is -3.46. The molecule has 4 rings (SSSR count). The quantitative estimate of drug-likeness (QED) is 0.420. The van der Waals surface area contributed by atoms with Crippen LogP contribution in [0.25, 0.3) is 0 Å². The number of amides is 1. The Kier molecular flexibility index (Phi) is 7.35. The lowest BCUT2D eigenvalue weighted by Crippen LogP contribution is -2.44. The van der Waals surface area contributed by atoms with E-state index in [2.05, 4.69) is 5.32 Å². The molecule has 3 aromatic rings. The zero-order valence-corrected chi connectivity index (χ0v) is 18.6. The maximum atomic E-state index is 13.9. The van der Waals surface area contributed by atoms with E-state index in [1.807, 2.05) is 4.90 Å². The van der Waals surface area contributed by atoms with Crippen molar-refractivity contribution in [2.24, 2.45) is 0 Å². The predicted molar refractivity (Wildman–Crippen MR) is 120 cm³/mol. The number of nitrogens with one attached hydrogen (secondary N) is 1. The van der Waals surface area contributed by atoms with Gasteiger partial charge in [-0.05, 0) is 61.4 Å². The van der Waals surface area contributed by atoms with Gasteiger partial charge in [0.25, 0.3) is 5.91 Å². The van der Waals surface area contributed by atoms with Crippen LogP contribution in [0.15, 0.2) is 66.7 Å². The predicted octanol–water partition coefficient (Wildman–Crippen LogP) is 6.17. The van der Waals surface area contributed by atoms with Gasteiger partial charge in [0.1, 0.15) is 23.1 Å². The second kappa shape index (κ2) is 10.4. The first-order valence-corrected chi connectivity index (χ1v) is 11.1. The number of likely N-dealkylation sites (tertiary alicyclic amines) is 1. The summed E-state index contributed by atoms with van der Waals surface area (Å²) in [4.78, 5) is 14.6. The van der Waals surface area contributed by atoms with Gasteiger partial charge in [-0.3, -0.25) is 9.69 Å². The molecule has 9 heteroatoms. The zero-order valence-electron chi connectivity index (χ0n) is 18.6. The number of hydrogen-bond donors (Lipinski definition) is 1. The molecule has 1 fully saturated rings. The van der Waals surface area contributed by atoms with Gasteiger partial charge in [-0.2, -0.15) is 13.2 Å². The normalized spacial score (nSPS) is 15.1. The summed E-state index contributed by atoms with van der Waals surface area (Å²) in [5.74, 6) is -1.61. The summed E-state index contributed by atoms with van der Waals surface area (Å²) < 4.78 is 72.6. The van der Waals surface area contributed by atoms with Crippen molar-refractivity contribution in [3.63, 3.8) is 0 Å². The van der Waals surface area contributed by atoms with Crippen molar-refractivity contribution in [1.29, 1.82) is 0 Å². The second-order valence-electron chi connectivity index (χ2n) is 8.34. The largest absolute Gasteiger partial charge is 0.457 e. The molecule has 0 saturated carbocycles. The number of hydrogen-bond acceptors (Lipinski definition) is 3. The molecule has 184 valence electrons. The van der Waals surface area contributed by atoms with E-state index in [0.717, 1.165) is 6.07 Å². The van der Waals surface area contributed by atoms with E-state index in [9.17, 15) is 26.7 Å². The lowest BCUT2D eigenvalue weighted by molar-refractivity contribution is -0.138. The van der Waals surface area contributed by atoms with Crippen LogP contribution in [0, 0.1) is 11.6 Å². The Labute approximate surface area is 199 Å². The molecular weight excluding hydrogens is 467 g/mol. The van der Waals surface area contributed by atoms with Crippen molar-refractivity contribution in [2.75, 3.05) is 13.1 Å². The van der Waals surface area contributed by atoms with Crippen molar-refractivity contribution < 1.29 is 31.5 Å². The van der Waals surface area contributed by atoms with E-state index >= 15 is 0 Å². The summed E-state index contributed by atoms with van der Waals surface area (Å²) in [7, 11) is 0. The van der Waals surface area contributed by atoms with Gasteiger partial charge in [-0.15, -0.1) is 0 Å². The Morgan fingerprint density at radius 1 is 0.914 bits per heavy atom. The highest BCUT2D eigenvalue weighted by Gasteiger charge is 2.34. The van der Waals surface area contributed by atoms with E-state index in [1.54, 1.807) is 0 Å². The topological polar surface area (TPSA) is 41.6 Å². The number of para-hydroxylation sites is 1.